The maximum absolute atomic E-state index is 11.6. The lowest BCUT2D eigenvalue weighted by Gasteiger charge is -2.31. The maximum Gasteiger partial charge on any atom is 0.307 e. The van der Waals surface area contributed by atoms with Crippen LogP contribution in [0.4, 0.5) is 5.69 Å². The van der Waals surface area contributed by atoms with Crippen LogP contribution in [0.15, 0.2) is 30.3 Å². The minimum absolute atomic E-state index is 0.138. The topological polar surface area (TPSA) is 46.6 Å². The Kier molecular flexibility index (Phi) is 5.30. The van der Waals surface area contributed by atoms with Crippen molar-refractivity contribution in [2.24, 2.45) is 0 Å². The van der Waals surface area contributed by atoms with Crippen LogP contribution < -0.4 is 4.90 Å². The van der Waals surface area contributed by atoms with Crippen molar-refractivity contribution in [2.75, 3.05) is 24.6 Å². The lowest BCUT2D eigenvalue weighted by Crippen LogP contribution is -2.31. The SMILES string of the molecule is CCOC(=O)CCN1CCCc2cc(-c3ccc(C=O)s3)ccc21. The van der Waals surface area contributed by atoms with E-state index in [4.69, 9.17) is 4.74 Å². The van der Waals surface area contributed by atoms with E-state index in [0.717, 1.165) is 41.0 Å². The first-order valence-corrected chi connectivity index (χ1v) is 9.12. The first kappa shape index (κ1) is 16.7. The molecule has 2 heterocycles. The predicted octanol–water partition coefficient (Wildman–Crippen LogP) is 3.93. The Morgan fingerprint density at radius 2 is 2.21 bits per heavy atom. The number of benzene rings is 1. The van der Waals surface area contributed by atoms with Crippen LogP contribution in [0, 0.1) is 0 Å². The molecule has 0 radical (unpaired) electrons. The molecular formula is C19H21NO3S. The molecule has 5 heteroatoms. The van der Waals surface area contributed by atoms with E-state index in [9.17, 15) is 9.59 Å². The fourth-order valence-electron chi connectivity index (χ4n) is 3.09. The van der Waals surface area contributed by atoms with Crippen molar-refractivity contribution in [3.05, 3.63) is 40.8 Å². The number of nitrogens with zero attached hydrogens (tertiary/aromatic N) is 1. The molecule has 1 aromatic heterocycles. The molecule has 0 amide bonds. The van der Waals surface area contributed by atoms with Crippen molar-refractivity contribution in [1.82, 2.24) is 0 Å². The Morgan fingerprint density at radius 3 is 2.96 bits per heavy atom. The Morgan fingerprint density at radius 1 is 1.33 bits per heavy atom. The zero-order valence-electron chi connectivity index (χ0n) is 13.8. The highest BCUT2D eigenvalue weighted by molar-refractivity contribution is 7.17. The van der Waals surface area contributed by atoms with Crippen LogP contribution in [0.1, 0.15) is 35.0 Å². The molecule has 0 N–H and O–H groups in total. The first-order chi connectivity index (χ1) is 11.7. The van der Waals surface area contributed by atoms with Gasteiger partial charge in [0, 0.05) is 23.7 Å². The predicted molar refractivity (Wildman–Crippen MR) is 96.9 cm³/mol. The second-order valence-corrected chi connectivity index (χ2v) is 6.92. The number of fused-ring (bicyclic) bond motifs is 1. The van der Waals surface area contributed by atoms with Crippen LogP contribution in [0.5, 0.6) is 0 Å². The second kappa shape index (κ2) is 7.62. The average molecular weight is 343 g/mol. The molecule has 0 unspecified atom stereocenters. The smallest absolute Gasteiger partial charge is 0.307 e. The summed E-state index contributed by atoms with van der Waals surface area (Å²) in [7, 11) is 0. The molecule has 0 fully saturated rings. The van der Waals surface area contributed by atoms with Crippen LogP contribution in [-0.2, 0) is 16.0 Å². The number of hydrogen-bond donors (Lipinski definition) is 0. The number of esters is 1. The van der Waals surface area contributed by atoms with Gasteiger partial charge >= 0.3 is 5.97 Å². The molecule has 3 rings (SSSR count). The van der Waals surface area contributed by atoms with Gasteiger partial charge in [-0.3, -0.25) is 9.59 Å². The van der Waals surface area contributed by atoms with Crippen molar-refractivity contribution in [1.29, 1.82) is 0 Å². The van der Waals surface area contributed by atoms with Crippen LogP contribution in [0.3, 0.4) is 0 Å². The Labute approximate surface area is 146 Å². The van der Waals surface area contributed by atoms with Crippen molar-refractivity contribution < 1.29 is 14.3 Å². The molecule has 0 atom stereocenters. The number of hydrogen-bond acceptors (Lipinski definition) is 5. The van der Waals surface area contributed by atoms with Gasteiger partial charge < -0.3 is 9.64 Å². The zero-order valence-corrected chi connectivity index (χ0v) is 14.6. The molecule has 0 saturated carbocycles. The summed E-state index contributed by atoms with van der Waals surface area (Å²) in [6.45, 7) is 3.93. The fraction of sp³-hybridized carbons (Fsp3) is 0.368. The van der Waals surface area contributed by atoms with Crippen LogP contribution in [0.25, 0.3) is 10.4 Å². The number of ether oxygens (including phenoxy) is 1. The average Bonchev–Trinajstić information content (AvgIpc) is 3.09. The molecule has 126 valence electrons. The van der Waals surface area contributed by atoms with Crippen LogP contribution in [-0.4, -0.2) is 32.0 Å². The number of aldehydes is 1. The van der Waals surface area contributed by atoms with Gasteiger partial charge in [0.05, 0.1) is 17.9 Å². The Bertz CT molecular complexity index is 738. The van der Waals surface area contributed by atoms with Gasteiger partial charge in [-0.1, -0.05) is 6.07 Å². The van der Waals surface area contributed by atoms with Crippen molar-refractivity contribution in [3.8, 4) is 10.4 Å². The van der Waals surface area contributed by atoms with Crippen LogP contribution in [0.2, 0.25) is 0 Å². The minimum atomic E-state index is -0.138. The molecule has 4 nitrogen and oxygen atoms in total. The summed E-state index contributed by atoms with van der Waals surface area (Å²) in [5, 5.41) is 0. The number of aryl methyl sites for hydroxylation is 1. The van der Waals surface area contributed by atoms with Gasteiger partial charge in [-0.25, -0.2) is 0 Å². The van der Waals surface area contributed by atoms with E-state index in [1.165, 1.54) is 22.6 Å². The van der Waals surface area contributed by atoms with Crippen molar-refractivity contribution >= 4 is 29.3 Å². The summed E-state index contributed by atoms with van der Waals surface area (Å²) in [4.78, 5) is 26.6. The van der Waals surface area contributed by atoms with Gasteiger partial charge in [-0.15, -0.1) is 11.3 Å². The Hall–Kier alpha value is -2.14. The molecule has 1 aliphatic rings. The van der Waals surface area contributed by atoms with Gasteiger partial charge in [0.25, 0.3) is 0 Å². The van der Waals surface area contributed by atoms with E-state index < -0.39 is 0 Å². The summed E-state index contributed by atoms with van der Waals surface area (Å²) in [6.07, 6.45) is 3.45. The Balaban J connectivity index is 1.76. The van der Waals surface area contributed by atoms with E-state index in [2.05, 4.69) is 23.1 Å². The molecule has 0 spiro atoms. The van der Waals surface area contributed by atoms with Gasteiger partial charge in [0.2, 0.25) is 0 Å². The highest BCUT2D eigenvalue weighted by Crippen LogP contribution is 2.34. The number of rotatable bonds is 6. The molecular weight excluding hydrogens is 322 g/mol. The molecule has 0 aliphatic carbocycles. The number of carbonyl (C=O) groups excluding carboxylic acids is 2. The third kappa shape index (κ3) is 3.67. The third-order valence-electron chi connectivity index (χ3n) is 4.21. The molecule has 2 aromatic rings. The van der Waals surface area contributed by atoms with E-state index in [1.807, 2.05) is 19.1 Å². The molecule has 1 aliphatic heterocycles. The monoisotopic (exact) mass is 343 g/mol. The summed E-state index contributed by atoms with van der Waals surface area (Å²) < 4.78 is 5.02. The second-order valence-electron chi connectivity index (χ2n) is 5.81. The number of thiophene rings is 1. The molecule has 24 heavy (non-hydrogen) atoms. The first-order valence-electron chi connectivity index (χ1n) is 8.30. The van der Waals surface area contributed by atoms with Gasteiger partial charge in [-0.2, -0.15) is 0 Å². The molecule has 0 saturated heterocycles. The maximum atomic E-state index is 11.6. The number of carbonyl (C=O) groups is 2. The van der Waals surface area contributed by atoms with E-state index in [1.54, 1.807) is 0 Å². The highest BCUT2D eigenvalue weighted by Gasteiger charge is 2.18. The van der Waals surface area contributed by atoms with Gasteiger partial charge in [0.1, 0.15) is 0 Å². The van der Waals surface area contributed by atoms with E-state index >= 15 is 0 Å². The standard InChI is InChI=1S/C19H21NO3S/c1-2-23-19(22)9-11-20-10-3-4-14-12-15(5-7-17(14)20)18-8-6-16(13-21)24-18/h5-8,12-13H,2-4,9-11H2,1H3. The third-order valence-corrected chi connectivity index (χ3v) is 5.27. The van der Waals surface area contributed by atoms with Crippen molar-refractivity contribution in [2.45, 2.75) is 26.2 Å². The minimum Gasteiger partial charge on any atom is -0.466 e. The zero-order chi connectivity index (χ0) is 16.9. The van der Waals surface area contributed by atoms with Crippen LogP contribution >= 0.6 is 11.3 Å². The van der Waals surface area contributed by atoms with E-state index in [-0.39, 0.29) is 5.97 Å². The highest BCUT2D eigenvalue weighted by atomic mass is 32.1. The van der Waals surface area contributed by atoms with Gasteiger partial charge in [0.15, 0.2) is 6.29 Å². The quantitative estimate of drug-likeness (QED) is 0.589. The lowest BCUT2D eigenvalue weighted by molar-refractivity contribution is -0.142. The lowest BCUT2D eigenvalue weighted by atomic mass is 9.98. The van der Waals surface area contributed by atoms with Crippen molar-refractivity contribution in [3.63, 3.8) is 0 Å². The summed E-state index contributed by atoms with van der Waals surface area (Å²) in [5.41, 5.74) is 3.67. The van der Waals surface area contributed by atoms with E-state index in [0.29, 0.717) is 19.6 Å². The molecule has 0 bridgehead atoms. The summed E-state index contributed by atoms with van der Waals surface area (Å²) in [5.74, 6) is -0.138. The largest absolute Gasteiger partial charge is 0.466 e. The summed E-state index contributed by atoms with van der Waals surface area (Å²) >= 11 is 1.51. The fourth-order valence-corrected chi connectivity index (χ4v) is 3.91. The number of anilines is 1. The molecule has 1 aromatic carbocycles. The normalized spacial score (nSPS) is 13.5. The van der Waals surface area contributed by atoms with Gasteiger partial charge in [-0.05, 0) is 55.2 Å². The summed E-state index contributed by atoms with van der Waals surface area (Å²) in [6, 6.07) is 10.3.